The topological polar surface area (TPSA) is 49.4 Å². The van der Waals surface area contributed by atoms with Crippen LogP contribution in [0.3, 0.4) is 0 Å². The maximum absolute atomic E-state index is 12.5. The third-order valence-corrected chi connectivity index (χ3v) is 4.80. The third kappa shape index (κ3) is 2.77. The Labute approximate surface area is 115 Å². The Morgan fingerprint density at radius 1 is 1.21 bits per heavy atom. The molecule has 0 aromatic heterocycles. The van der Waals surface area contributed by atoms with Crippen LogP contribution in [0.5, 0.6) is 0 Å². The maximum Gasteiger partial charge on any atom is 0.248 e. The van der Waals surface area contributed by atoms with E-state index in [9.17, 15) is 9.59 Å². The third-order valence-electron chi connectivity index (χ3n) is 4.80. The van der Waals surface area contributed by atoms with Crippen molar-refractivity contribution in [2.24, 2.45) is 11.8 Å². The first kappa shape index (κ1) is 14.4. The summed E-state index contributed by atoms with van der Waals surface area (Å²) in [6.07, 6.45) is 4.98. The quantitative estimate of drug-likeness (QED) is 0.830. The molecule has 1 aliphatic carbocycles. The minimum atomic E-state index is -0.762. The van der Waals surface area contributed by atoms with E-state index in [4.69, 9.17) is 0 Å². The van der Waals surface area contributed by atoms with Gasteiger partial charge in [-0.25, -0.2) is 0 Å². The van der Waals surface area contributed by atoms with Gasteiger partial charge in [-0.05, 0) is 39.0 Å². The van der Waals surface area contributed by atoms with Crippen molar-refractivity contribution >= 4 is 11.8 Å². The molecule has 3 atom stereocenters. The van der Waals surface area contributed by atoms with Gasteiger partial charge in [0.1, 0.15) is 11.6 Å². The van der Waals surface area contributed by atoms with Crippen molar-refractivity contribution in [1.82, 2.24) is 10.2 Å². The summed E-state index contributed by atoms with van der Waals surface area (Å²) in [6, 6.07) is -0.338. The van der Waals surface area contributed by atoms with Gasteiger partial charge in [-0.3, -0.25) is 9.59 Å². The molecule has 4 heteroatoms. The second-order valence-corrected chi connectivity index (χ2v) is 6.77. The minimum Gasteiger partial charge on any atom is -0.340 e. The van der Waals surface area contributed by atoms with E-state index in [1.54, 1.807) is 18.7 Å². The lowest BCUT2D eigenvalue weighted by Crippen LogP contribution is -2.68. The van der Waals surface area contributed by atoms with Crippen LogP contribution in [-0.2, 0) is 9.59 Å². The van der Waals surface area contributed by atoms with E-state index < -0.39 is 5.54 Å². The maximum atomic E-state index is 12.5. The van der Waals surface area contributed by atoms with Crippen LogP contribution in [0.2, 0.25) is 0 Å². The number of hydrogen-bond donors (Lipinski definition) is 1. The molecule has 4 nitrogen and oxygen atoms in total. The second kappa shape index (κ2) is 5.14. The zero-order valence-electron chi connectivity index (χ0n) is 12.5. The molecule has 0 spiro atoms. The van der Waals surface area contributed by atoms with Gasteiger partial charge >= 0.3 is 0 Å². The fourth-order valence-electron chi connectivity index (χ4n) is 3.30. The normalized spacial score (nSPS) is 35.2. The Kier molecular flexibility index (Phi) is 3.88. The predicted octanol–water partition coefficient (Wildman–Crippen LogP) is 1.94. The van der Waals surface area contributed by atoms with Crippen molar-refractivity contribution in [3.8, 4) is 0 Å². The molecule has 108 valence electrons. The predicted molar refractivity (Wildman–Crippen MR) is 74.5 cm³/mol. The zero-order valence-corrected chi connectivity index (χ0v) is 12.5. The Morgan fingerprint density at radius 2 is 1.84 bits per heavy atom. The summed E-state index contributed by atoms with van der Waals surface area (Å²) < 4.78 is 0. The van der Waals surface area contributed by atoms with Crippen molar-refractivity contribution in [3.05, 3.63) is 0 Å². The Hall–Kier alpha value is -1.06. The number of carbonyl (C=O) groups excluding carboxylic acids is 2. The smallest absolute Gasteiger partial charge is 0.248 e. The summed E-state index contributed by atoms with van der Waals surface area (Å²) in [7, 11) is 0. The van der Waals surface area contributed by atoms with Crippen LogP contribution >= 0.6 is 0 Å². The Bertz CT molecular complexity index is 378. The highest BCUT2D eigenvalue weighted by molar-refractivity contribution is 5.99. The molecular weight excluding hydrogens is 240 g/mol. The minimum absolute atomic E-state index is 0.0342. The highest BCUT2D eigenvalue weighted by atomic mass is 16.2. The lowest BCUT2D eigenvalue weighted by molar-refractivity contribution is -0.153. The molecule has 1 saturated carbocycles. The van der Waals surface area contributed by atoms with Gasteiger partial charge in [0.15, 0.2) is 0 Å². The summed E-state index contributed by atoms with van der Waals surface area (Å²) >= 11 is 0. The fourth-order valence-corrected chi connectivity index (χ4v) is 3.30. The summed E-state index contributed by atoms with van der Waals surface area (Å²) in [5.74, 6) is 1.22. The van der Waals surface area contributed by atoms with Gasteiger partial charge in [0.25, 0.3) is 0 Å². The van der Waals surface area contributed by atoms with Gasteiger partial charge < -0.3 is 10.2 Å². The van der Waals surface area contributed by atoms with Crippen LogP contribution in [0.15, 0.2) is 0 Å². The monoisotopic (exact) mass is 266 g/mol. The lowest BCUT2D eigenvalue weighted by atomic mass is 9.79. The molecule has 1 heterocycles. The van der Waals surface area contributed by atoms with Gasteiger partial charge in [-0.15, -0.1) is 0 Å². The van der Waals surface area contributed by atoms with Gasteiger partial charge in [-0.1, -0.05) is 26.2 Å². The summed E-state index contributed by atoms with van der Waals surface area (Å²) in [4.78, 5) is 26.3. The van der Waals surface area contributed by atoms with Crippen molar-refractivity contribution in [3.63, 3.8) is 0 Å². The van der Waals surface area contributed by atoms with Gasteiger partial charge in [0.2, 0.25) is 11.8 Å². The molecule has 0 bridgehead atoms. The van der Waals surface area contributed by atoms with E-state index in [2.05, 4.69) is 12.2 Å². The van der Waals surface area contributed by atoms with Crippen LogP contribution in [0, 0.1) is 11.8 Å². The summed E-state index contributed by atoms with van der Waals surface area (Å²) in [6.45, 7) is 8.41. The second-order valence-electron chi connectivity index (χ2n) is 6.77. The van der Waals surface area contributed by atoms with E-state index in [0.29, 0.717) is 11.8 Å². The van der Waals surface area contributed by atoms with Crippen LogP contribution in [0.4, 0.5) is 0 Å². The van der Waals surface area contributed by atoms with Crippen molar-refractivity contribution in [1.29, 1.82) is 0 Å². The van der Waals surface area contributed by atoms with Crippen LogP contribution in [0.1, 0.15) is 53.4 Å². The van der Waals surface area contributed by atoms with Crippen molar-refractivity contribution < 1.29 is 9.59 Å². The number of piperazine rings is 1. The molecule has 3 unspecified atom stereocenters. The molecule has 2 rings (SSSR count). The van der Waals surface area contributed by atoms with Crippen LogP contribution < -0.4 is 5.32 Å². The van der Waals surface area contributed by atoms with Crippen LogP contribution in [-0.4, -0.2) is 34.8 Å². The molecule has 0 radical (unpaired) electrons. The van der Waals surface area contributed by atoms with E-state index in [1.165, 1.54) is 25.7 Å². The largest absolute Gasteiger partial charge is 0.340 e. The summed E-state index contributed by atoms with van der Waals surface area (Å²) in [5.41, 5.74) is -0.762. The highest BCUT2D eigenvalue weighted by Gasteiger charge is 2.44. The average molecular weight is 266 g/mol. The van der Waals surface area contributed by atoms with E-state index in [-0.39, 0.29) is 17.9 Å². The van der Waals surface area contributed by atoms with Gasteiger partial charge in [0, 0.05) is 6.54 Å². The molecule has 2 fully saturated rings. The standard InChI is InChI=1S/C15H26N2O2/c1-10-7-5-6-8-12(10)9-17-11(2)13(18)16-15(3,4)14(17)19/h10-12H,5-9H2,1-4H3,(H,16,18). The molecule has 0 aromatic rings. The molecule has 1 N–H and O–H groups in total. The van der Waals surface area contributed by atoms with Crippen molar-refractivity contribution in [2.75, 3.05) is 6.54 Å². The Morgan fingerprint density at radius 3 is 2.47 bits per heavy atom. The number of nitrogens with one attached hydrogen (secondary N) is 1. The molecular formula is C15H26N2O2. The lowest BCUT2D eigenvalue weighted by Gasteiger charge is -2.44. The molecule has 2 aliphatic rings. The Balaban J connectivity index is 2.12. The SMILES string of the molecule is CC1CCCCC1CN1C(=O)C(C)(C)NC(=O)C1C. The van der Waals surface area contributed by atoms with Gasteiger partial charge in [-0.2, -0.15) is 0 Å². The number of hydrogen-bond acceptors (Lipinski definition) is 2. The van der Waals surface area contributed by atoms with Crippen LogP contribution in [0.25, 0.3) is 0 Å². The zero-order chi connectivity index (χ0) is 14.2. The highest BCUT2D eigenvalue weighted by Crippen LogP contribution is 2.31. The van der Waals surface area contributed by atoms with Gasteiger partial charge in [0.05, 0.1) is 0 Å². The molecule has 1 aliphatic heterocycles. The number of carbonyl (C=O) groups is 2. The number of rotatable bonds is 2. The number of nitrogens with zero attached hydrogens (tertiary/aromatic N) is 1. The molecule has 0 aromatic carbocycles. The summed E-state index contributed by atoms with van der Waals surface area (Å²) in [5, 5.41) is 2.80. The number of amides is 2. The van der Waals surface area contributed by atoms with Crippen molar-refractivity contribution in [2.45, 2.75) is 65.0 Å². The van der Waals surface area contributed by atoms with E-state index in [0.717, 1.165) is 6.54 Å². The molecule has 19 heavy (non-hydrogen) atoms. The first-order valence-electron chi connectivity index (χ1n) is 7.46. The molecule has 2 amide bonds. The van der Waals surface area contributed by atoms with E-state index >= 15 is 0 Å². The first-order valence-corrected chi connectivity index (χ1v) is 7.46. The molecule has 1 saturated heterocycles. The first-order chi connectivity index (χ1) is 8.83. The van der Waals surface area contributed by atoms with E-state index in [1.807, 2.05) is 6.92 Å². The average Bonchev–Trinajstić information content (AvgIpc) is 2.34. The fraction of sp³-hybridized carbons (Fsp3) is 0.867.